The van der Waals surface area contributed by atoms with Gasteiger partial charge in [0.15, 0.2) is 6.54 Å². The minimum absolute atomic E-state index is 0.0608. The van der Waals surface area contributed by atoms with Crippen molar-refractivity contribution in [3.8, 4) is 0 Å². The topological polar surface area (TPSA) is 41.2 Å². The Kier molecular flexibility index (Phi) is 6.66. The summed E-state index contributed by atoms with van der Waals surface area (Å²) in [6.07, 6.45) is 0. The van der Waals surface area contributed by atoms with E-state index >= 15 is 0 Å². The number of thiophene rings is 1. The van der Waals surface area contributed by atoms with Crippen molar-refractivity contribution in [2.45, 2.75) is 13.5 Å². The third kappa shape index (κ3) is 5.30. The molecule has 0 bridgehead atoms. The van der Waals surface area contributed by atoms with Gasteiger partial charge in [0.1, 0.15) is 6.54 Å². The molecule has 0 saturated carbocycles. The summed E-state index contributed by atoms with van der Waals surface area (Å²) >= 11 is 1.70. The Balaban J connectivity index is 1.47. The Labute approximate surface area is 160 Å². The molecule has 0 spiro atoms. The van der Waals surface area contributed by atoms with Gasteiger partial charge in [-0.3, -0.25) is 4.79 Å². The summed E-state index contributed by atoms with van der Waals surface area (Å²) < 4.78 is 0. The van der Waals surface area contributed by atoms with Crippen LogP contribution in [0, 0.1) is 0 Å². The zero-order valence-electron chi connectivity index (χ0n) is 15.8. The number of rotatable bonds is 7. The lowest BCUT2D eigenvalue weighted by atomic mass is 10.2. The van der Waals surface area contributed by atoms with Gasteiger partial charge in [-0.15, -0.1) is 0 Å². The van der Waals surface area contributed by atoms with Crippen molar-refractivity contribution in [2.24, 2.45) is 0 Å². The Morgan fingerprint density at radius 1 is 1.23 bits per heavy atom. The van der Waals surface area contributed by atoms with Crippen LogP contribution in [-0.2, 0) is 11.3 Å². The van der Waals surface area contributed by atoms with Crippen molar-refractivity contribution >= 4 is 28.6 Å². The van der Waals surface area contributed by atoms with E-state index in [2.05, 4.69) is 53.1 Å². The highest BCUT2D eigenvalue weighted by molar-refractivity contribution is 7.07. The van der Waals surface area contributed by atoms with Gasteiger partial charge in [-0.25, -0.2) is 0 Å². The number of nitrogens with zero attached hydrogens (tertiary/aromatic N) is 1. The van der Waals surface area contributed by atoms with E-state index in [4.69, 9.17) is 0 Å². The highest BCUT2D eigenvalue weighted by atomic mass is 32.1. The van der Waals surface area contributed by atoms with E-state index in [1.807, 2.05) is 12.1 Å². The number of quaternary nitrogens is 2. The van der Waals surface area contributed by atoms with Gasteiger partial charge < -0.3 is 20.0 Å². The summed E-state index contributed by atoms with van der Waals surface area (Å²) in [5, 5.41) is 7.24. The monoisotopic (exact) mass is 374 g/mol. The zero-order chi connectivity index (χ0) is 18.4. The van der Waals surface area contributed by atoms with Crippen LogP contribution in [0.2, 0.25) is 0 Å². The molecule has 140 valence electrons. The lowest BCUT2D eigenvalue weighted by molar-refractivity contribution is -0.898. The average Bonchev–Trinajstić information content (AvgIpc) is 3.15. The van der Waals surface area contributed by atoms with E-state index in [1.165, 1.54) is 35.8 Å². The van der Waals surface area contributed by atoms with Crippen LogP contribution in [-0.4, -0.2) is 52.2 Å². The summed E-state index contributed by atoms with van der Waals surface area (Å²) in [6, 6.07) is 10.4. The molecule has 3 N–H and O–H groups in total. The standard InChI is InChI=1S/C20H28N4OS/c1-3-23-9-11-24(12-10-23)19-6-4-18(5-7-19)21-20(25)15-22(2)14-17-8-13-26-16-17/h4-8,13,16H,3,9-12,14-15H2,1-2H3,(H,21,25)/p+2. The summed E-state index contributed by atoms with van der Waals surface area (Å²) in [7, 11) is 2.05. The van der Waals surface area contributed by atoms with E-state index < -0.39 is 0 Å². The number of piperazine rings is 1. The number of amides is 1. The molecule has 1 aromatic heterocycles. The van der Waals surface area contributed by atoms with Gasteiger partial charge in [-0.05, 0) is 48.0 Å². The van der Waals surface area contributed by atoms with E-state index in [9.17, 15) is 4.79 Å². The molecule has 1 amide bonds. The number of likely N-dealkylation sites (N-methyl/N-ethyl adjacent to an activating group) is 2. The summed E-state index contributed by atoms with van der Waals surface area (Å²) in [6.45, 7) is 9.42. The normalized spacial score (nSPS) is 16.5. The highest BCUT2D eigenvalue weighted by Gasteiger charge is 2.18. The Hall–Kier alpha value is -1.89. The molecule has 1 aliphatic heterocycles. The minimum Gasteiger partial charge on any atom is -0.360 e. The van der Waals surface area contributed by atoms with Crippen LogP contribution in [0.15, 0.2) is 41.1 Å². The molecule has 1 atom stereocenters. The van der Waals surface area contributed by atoms with Gasteiger partial charge in [-0.1, -0.05) is 0 Å². The van der Waals surface area contributed by atoms with E-state index in [1.54, 1.807) is 16.2 Å². The van der Waals surface area contributed by atoms with Crippen LogP contribution in [0.1, 0.15) is 12.5 Å². The number of hydrogen-bond donors (Lipinski definition) is 3. The smallest absolute Gasteiger partial charge is 0.279 e. The summed E-state index contributed by atoms with van der Waals surface area (Å²) in [5.74, 6) is 0.0608. The SMILES string of the molecule is CC[NH+]1CCN(c2ccc(NC(=O)C[NH+](C)Cc3ccsc3)cc2)CC1. The van der Waals surface area contributed by atoms with Crippen LogP contribution in [0.3, 0.4) is 0 Å². The second-order valence-corrected chi connectivity index (χ2v) is 7.91. The fourth-order valence-corrected chi connectivity index (χ4v) is 4.14. The predicted molar refractivity (Wildman–Crippen MR) is 108 cm³/mol. The van der Waals surface area contributed by atoms with Crippen molar-refractivity contribution in [3.63, 3.8) is 0 Å². The van der Waals surface area contributed by atoms with E-state index in [0.717, 1.165) is 25.3 Å². The Bertz CT molecular complexity index is 678. The molecule has 1 aliphatic rings. The van der Waals surface area contributed by atoms with Gasteiger partial charge in [0, 0.05) is 16.9 Å². The third-order valence-electron chi connectivity index (χ3n) is 5.04. The zero-order valence-corrected chi connectivity index (χ0v) is 16.6. The molecular weight excluding hydrogens is 344 g/mol. The molecule has 2 heterocycles. The van der Waals surface area contributed by atoms with Crippen molar-refractivity contribution < 1.29 is 14.6 Å². The molecule has 1 fully saturated rings. The largest absolute Gasteiger partial charge is 0.360 e. The fourth-order valence-electron chi connectivity index (χ4n) is 3.47. The third-order valence-corrected chi connectivity index (χ3v) is 5.77. The van der Waals surface area contributed by atoms with Crippen LogP contribution in [0.4, 0.5) is 11.4 Å². The Morgan fingerprint density at radius 2 is 1.96 bits per heavy atom. The minimum atomic E-state index is 0.0608. The number of carbonyl (C=O) groups excluding carboxylic acids is 1. The number of hydrogen-bond acceptors (Lipinski definition) is 3. The van der Waals surface area contributed by atoms with Crippen LogP contribution in [0.25, 0.3) is 0 Å². The lowest BCUT2D eigenvalue weighted by Crippen LogP contribution is -3.14. The molecule has 1 saturated heterocycles. The van der Waals surface area contributed by atoms with Crippen molar-refractivity contribution in [2.75, 3.05) is 56.5 Å². The van der Waals surface area contributed by atoms with Gasteiger partial charge in [0.05, 0.1) is 39.8 Å². The predicted octanol–water partition coefficient (Wildman–Crippen LogP) is 0.126. The van der Waals surface area contributed by atoms with Crippen molar-refractivity contribution in [3.05, 3.63) is 46.7 Å². The summed E-state index contributed by atoms with van der Waals surface area (Å²) in [5.41, 5.74) is 3.41. The molecule has 5 nitrogen and oxygen atoms in total. The number of anilines is 2. The Morgan fingerprint density at radius 3 is 2.58 bits per heavy atom. The summed E-state index contributed by atoms with van der Waals surface area (Å²) in [4.78, 5) is 17.6. The first-order chi connectivity index (χ1) is 12.6. The van der Waals surface area contributed by atoms with E-state index in [-0.39, 0.29) is 5.91 Å². The molecule has 0 aliphatic carbocycles. The highest BCUT2D eigenvalue weighted by Crippen LogP contribution is 2.17. The molecule has 2 aromatic rings. The maximum absolute atomic E-state index is 12.3. The number of benzene rings is 1. The second-order valence-electron chi connectivity index (χ2n) is 7.13. The quantitative estimate of drug-likeness (QED) is 0.645. The molecule has 1 unspecified atom stereocenters. The van der Waals surface area contributed by atoms with Gasteiger partial charge in [0.25, 0.3) is 5.91 Å². The first kappa shape index (κ1) is 18.9. The first-order valence-corrected chi connectivity index (χ1v) is 10.4. The van der Waals surface area contributed by atoms with Gasteiger partial charge in [-0.2, -0.15) is 11.3 Å². The fraction of sp³-hybridized carbons (Fsp3) is 0.450. The molecule has 3 rings (SSSR count). The second kappa shape index (κ2) is 9.16. The maximum Gasteiger partial charge on any atom is 0.279 e. The van der Waals surface area contributed by atoms with Crippen LogP contribution in [0.5, 0.6) is 0 Å². The first-order valence-electron chi connectivity index (χ1n) is 9.45. The van der Waals surface area contributed by atoms with Gasteiger partial charge in [0.2, 0.25) is 0 Å². The maximum atomic E-state index is 12.3. The molecular formula is C20H30N4OS+2. The molecule has 1 aromatic carbocycles. The molecule has 6 heteroatoms. The number of nitrogens with one attached hydrogen (secondary N) is 3. The molecule has 0 radical (unpaired) electrons. The van der Waals surface area contributed by atoms with Crippen LogP contribution < -0.4 is 20.0 Å². The lowest BCUT2D eigenvalue weighted by Gasteiger charge is -2.33. The van der Waals surface area contributed by atoms with Crippen molar-refractivity contribution in [1.29, 1.82) is 0 Å². The van der Waals surface area contributed by atoms with Crippen LogP contribution >= 0.6 is 11.3 Å². The average molecular weight is 375 g/mol. The van der Waals surface area contributed by atoms with Gasteiger partial charge >= 0.3 is 0 Å². The number of carbonyl (C=O) groups is 1. The van der Waals surface area contributed by atoms with Crippen molar-refractivity contribution in [1.82, 2.24) is 0 Å². The van der Waals surface area contributed by atoms with E-state index in [0.29, 0.717) is 6.54 Å². The molecule has 26 heavy (non-hydrogen) atoms.